The minimum atomic E-state index is -4.25. The van der Waals surface area contributed by atoms with Gasteiger partial charge < -0.3 is 14.8 Å². The Labute approximate surface area is 193 Å². The zero-order chi connectivity index (χ0) is 24.3. The first-order valence-corrected chi connectivity index (χ1v) is 11.2. The number of aromatic nitrogens is 3. The smallest absolute Gasteiger partial charge is 0.270 e. The second-order valence-electron chi connectivity index (χ2n) is 6.82. The van der Waals surface area contributed by atoms with Crippen molar-refractivity contribution in [2.75, 3.05) is 24.3 Å². The summed E-state index contributed by atoms with van der Waals surface area (Å²) in [6, 6.07) is 12.9. The van der Waals surface area contributed by atoms with Crippen molar-refractivity contribution in [1.29, 1.82) is 0 Å². The van der Waals surface area contributed by atoms with Crippen LogP contribution >= 0.6 is 0 Å². The van der Waals surface area contributed by atoms with Crippen LogP contribution in [-0.2, 0) is 10.0 Å². The summed E-state index contributed by atoms with van der Waals surface area (Å²) in [6.07, 6.45) is 1.53. The number of nitro groups is 1. The van der Waals surface area contributed by atoms with Crippen LogP contribution in [0.2, 0.25) is 0 Å². The van der Waals surface area contributed by atoms with Gasteiger partial charge in [-0.05, 0) is 30.3 Å². The van der Waals surface area contributed by atoms with E-state index in [1.165, 1.54) is 38.6 Å². The lowest BCUT2D eigenvalue weighted by molar-refractivity contribution is -0.385. The fourth-order valence-corrected chi connectivity index (χ4v) is 4.09. The zero-order valence-electron chi connectivity index (χ0n) is 17.9. The number of benzene rings is 2. The number of nitrogens with zero attached hydrogens (tertiary/aromatic N) is 4. The van der Waals surface area contributed by atoms with Gasteiger partial charge in [-0.15, -0.1) is 0 Å². The standard InChI is InChI=1S/C21H18N6O6S/c1-32-14-8-9-18(33-2)17(12-14)24-20-21(23-16-7-4-10-22-19(16)25-20)26-34(30,31)15-6-3-5-13(11-15)27(28)29/h3-12H,1-2H3,(H,23,26)(H,22,24,25). The number of ether oxygens (including phenoxy) is 2. The summed E-state index contributed by atoms with van der Waals surface area (Å²) in [6.45, 7) is 0. The van der Waals surface area contributed by atoms with Gasteiger partial charge in [0.25, 0.3) is 15.7 Å². The number of hydrogen-bond acceptors (Lipinski definition) is 10. The molecule has 34 heavy (non-hydrogen) atoms. The van der Waals surface area contributed by atoms with E-state index in [0.717, 1.165) is 6.07 Å². The van der Waals surface area contributed by atoms with Gasteiger partial charge in [0.05, 0.1) is 29.7 Å². The quantitative estimate of drug-likeness (QED) is 0.281. The minimum Gasteiger partial charge on any atom is -0.497 e. The highest BCUT2D eigenvalue weighted by atomic mass is 32.2. The zero-order valence-corrected chi connectivity index (χ0v) is 18.7. The number of methoxy groups -OCH3 is 2. The Bertz CT molecular complexity index is 1490. The lowest BCUT2D eigenvalue weighted by Gasteiger charge is -2.16. The molecule has 0 saturated carbocycles. The number of hydrogen-bond donors (Lipinski definition) is 2. The highest BCUT2D eigenvalue weighted by Crippen LogP contribution is 2.34. The SMILES string of the molecule is COc1ccc(OC)c(Nc2nc3ncccc3nc2NS(=O)(=O)c2cccc([N+](=O)[O-])c2)c1. The van der Waals surface area contributed by atoms with Gasteiger partial charge >= 0.3 is 0 Å². The molecule has 0 atom stereocenters. The molecule has 0 fully saturated rings. The van der Waals surface area contributed by atoms with Gasteiger partial charge in [-0.2, -0.15) is 0 Å². The van der Waals surface area contributed by atoms with E-state index in [1.54, 1.807) is 30.3 Å². The lowest BCUT2D eigenvalue weighted by Crippen LogP contribution is -2.16. The number of nitro benzene ring substituents is 1. The number of fused-ring (bicyclic) bond motifs is 1. The number of nitrogens with one attached hydrogen (secondary N) is 2. The van der Waals surface area contributed by atoms with Crippen LogP contribution < -0.4 is 19.5 Å². The Morgan fingerprint density at radius 2 is 1.79 bits per heavy atom. The molecule has 4 rings (SSSR count). The van der Waals surface area contributed by atoms with E-state index in [4.69, 9.17) is 9.47 Å². The van der Waals surface area contributed by atoms with Gasteiger partial charge in [0.1, 0.15) is 17.0 Å². The molecular formula is C21H18N6O6S. The van der Waals surface area contributed by atoms with Crippen LogP contribution in [0.5, 0.6) is 11.5 Å². The molecule has 0 amide bonds. The van der Waals surface area contributed by atoms with Crippen molar-refractivity contribution in [3.8, 4) is 11.5 Å². The summed E-state index contributed by atoms with van der Waals surface area (Å²) in [5.41, 5.74) is 0.672. The van der Waals surface area contributed by atoms with E-state index in [1.807, 2.05) is 0 Å². The van der Waals surface area contributed by atoms with Gasteiger partial charge in [0, 0.05) is 24.4 Å². The maximum Gasteiger partial charge on any atom is 0.270 e. The molecule has 0 aliphatic carbocycles. The van der Waals surface area contributed by atoms with Crippen molar-refractivity contribution in [3.05, 3.63) is 70.9 Å². The fourth-order valence-electron chi connectivity index (χ4n) is 3.04. The maximum absolute atomic E-state index is 13.1. The first-order chi connectivity index (χ1) is 16.3. The van der Waals surface area contributed by atoms with Gasteiger partial charge in [0.2, 0.25) is 0 Å². The van der Waals surface area contributed by atoms with Crippen LogP contribution in [0.1, 0.15) is 0 Å². The predicted octanol–water partition coefficient (Wildman–Crippen LogP) is 3.49. The Kier molecular flexibility index (Phi) is 6.10. The van der Waals surface area contributed by atoms with Gasteiger partial charge in [-0.1, -0.05) is 6.07 Å². The van der Waals surface area contributed by atoms with Crippen LogP contribution in [0, 0.1) is 10.1 Å². The van der Waals surface area contributed by atoms with E-state index in [0.29, 0.717) is 22.7 Å². The number of pyridine rings is 1. The van der Waals surface area contributed by atoms with E-state index >= 15 is 0 Å². The van der Waals surface area contributed by atoms with E-state index in [-0.39, 0.29) is 27.9 Å². The third-order valence-electron chi connectivity index (χ3n) is 4.67. The number of anilines is 3. The van der Waals surface area contributed by atoms with Crippen LogP contribution in [0.15, 0.2) is 65.7 Å². The average Bonchev–Trinajstić information content (AvgIpc) is 2.84. The molecule has 4 aromatic rings. The Morgan fingerprint density at radius 3 is 2.53 bits per heavy atom. The molecule has 2 aromatic heterocycles. The van der Waals surface area contributed by atoms with E-state index in [9.17, 15) is 18.5 Å². The third kappa shape index (κ3) is 4.63. The summed E-state index contributed by atoms with van der Waals surface area (Å²) >= 11 is 0. The highest BCUT2D eigenvalue weighted by molar-refractivity contribution is 7.92. The van der Waals surface area contributed by atoms with Crippen molar-refractivity contribution < 1.29 is 22.8 Å². The maximum atomic E-state index is 13.1. The largest absolute Gasteiger partial charge is 0.497 e. The normalized spacial score (nSPS) is 11.1. The lowest BCUT2D eigenvalue weighted by atomic mass is 10.2. The molecule has 0 aliphatic heterocycles. The Balaban J connectivity index is 1.80. The van der Waals surface area contributed by atoms with Crippen LogP contribution in [0.25, 0.3) is 11.2 Å². The molecule has 13 heteroatoms. The molecule has 0 radical (unpaired) electrons. The second kappa shape index (κ2) is 9.15. The Morgan fingerprint density at radius 1 is 0.971 bits per heavy atom. The summed E-state index contributed by atoms with van der Waals surface area (Å²) < 4.78 is 39.1. The van der Waals surface area contributed by atoms with Crippen LogP contribution in [-0.4, -0.2) is 42.5 Å². The van der Waals surface area contributed by atoms with Crippen molar-refractivity contribution in [2.45, 2.75) is 4.90 Å². The molecule has 174 valence electrons. The van der Waals surface area contributed by atoms with E-state index < -0.39 is 14.9 Å². The monoisotopic (exact) mass is 482 g/mol. The van der Waals surface area contributed by atoms with Gasteiger partial charge in [-0.3, -0.25) is 14.8 Å². The van der Waals surface area contributed by atoms with Gasteiger partial charge in [-0.25, -0.2) is 23.4 Å². The van der Waals surface area contributed by atoms with Gasteiger partial charge in [0.15, 0.2) is 17.3 Å². The highest BCUT2D eigenvalue weighted by Gasteiger charge is 2.22. The minimum absolute atomic E-state index is 0.0340. The van der Waals surface area contributed by atoms with Crippen LogP contribution in [0.3, 0.4) is 0 Å². The topological polar surface area (TPSA) is 158 Å². The number of rotatable bonds is 8. The first kappa shape index (κ1) is 22.7. The molecule has 2 N–H and O–H groups in total. The van der Waals surface area contributed by atoms with E-state index in [2.05, 4.69) is 25.0 Å². The number of non-ortho nitro benzene ring substituents is 1. The molecule has 2 aromatic carbocycles. The summed E-state index contributed by atoms with van der Waals surface area (Å²) in [5.74, 6) is 0.855. The Hall–Kier alpha value is -4.52. The molecule has 0 bridgehead atoms. The second-order valence-corrected chi connectivity index (χ2v) is 8.50. The fraction of sp³-hybridized carbons (Fsp3) is 0.0952. The molecule has 2 heterocycles. The van der Waals surface area contributed by atoms with Crippen molar-refractivity contribution in [2.24, 2.45) is 0 Å². The summed E-state index contributed by atoms with van der Waals surface area (Å²) in [4.78, 5) is 23.0. The molecular weight excluding hydrogens is 464 g/mol. The summed E-state index contributed by atoms with van der Waals surface area (Å²) in [7, 11) is -1.27. The summed E-state index contributed by atoms with van der Waals surface area (Å²) in [5, 5.41) is 14.1. The molecule has 0 unspecified atom stereocenters. The van der Waals surface area contributed by atoms with Crippen LogP contribution in [0.4, 0.5) is 23.0 Å². The third-order valence-corrected chi connectivity index (χ3v) is 6.01. The first-order valence-electron chi connectivity index (χ1n) is 9.70. The van der Waals surface area contributed by atoms with Crippen molar-refractivity contribution in [1.82, 2.24) is 15.0 Å². The molecule has 0 aliphatic rings. The molecule has 12 nitrogen and oxygen atoms in total. The molecule has 0 spiro atoms. The predicted molar refractivity (Wildman–Crippen MR) is 124 cm³/mol. The average molecular weight is 482 g/mol. The number of sulfonamides is 1. The van der Waals surface area contributed by atoms with Crippen molar-refractivity contribution in [3.63, 3.8) is 0 Å². The van der Waals surface area contributed by atoms with Crippen molar-refractivity contribution >= 4 is 44.2 Å². The molecule has 0 saturated heterocycles.